The maximum atomic E-state index is 12.1. The molecule has 0 saturated carbocycles. The highest BCUT2D eigenvalue weighted by Gasteiger charge is 2.20. The van der Waals surface area contributed by atoms with E-state index in [1.54, 1.807) is 31.2 Å². The Bertz CT molecular complexity index is 748. The first-order chi connectivity index (χ1) is 12.5. The smallest absolute Gasteiger partial charge is 0.360 e. The van der Waals surface area contributed by atoms with E-state index in [4.69, 9.17) is 23.7 Å². The zero-order chi connectivity index (χ0) is 19.1. The van der Waals surface area contributed by atoms with Crippen molar-refractivity contribution in [2.75, 3.05) is 47.1 Å². The third kappa shape index (κ3) is 4.48. The molecule has 0 bridgehead atoms. The lowest BCUT2D eigenvalue weighted by atomic mass is 10.3. The van der Waals surface area contributed by atoms with E-state index < -0.39 is 5.97 Å². The summed E-state index contributed by atoms with van der Waals surface area (Å²) in [5.41, 5.74) is -0.0293. The van der Waals surface area contributed by atoms with Gasteiger partial charge in [-0.15, -0.1) is 0 Å². The van der Waals surface area contributed by atoms with Crippen molar-refractivity contribution in [2.24, 2.45) is 0 Å². The standard InChI is InChI=1S/C16H20N4O6/c1-20(9-22-2)11-7-6-10(14(17-11)15(21)25-5)26-16-18-12(23-3)8-13(19-16)24-4/h6-8H,9H2,1-5H3. The van der Waals surface area contributed by atoms with Gasteiger partial charge in [-0.05, 0) is 12.1 Å². The molecule has 2 aromatic rings. The third-order valence-electron chi connectivity index (χ3n) is 3.21. The molecule has 0 aliphatic carbocycles. The average molecular weight is 364 g/mol. The lowest BCUT2D eigenvalue weighted by Crippen LogP contribution is -2.22. The third-order valence-corrected chi connectivity index (χ3v) is 3.21. The Morgan fingerprint density at radius 3 is 2.23 bits per heavy atom. The molecular weight excluding hydrogens is 344 g/mol. The Morgan fingerprint density at radius 2 is 1.69 bits per heavy atom. The fourth-order valence-electron chi connectivity index (χ4n) is 1.97. The molecule has 0 N–H and O–H groups in total. The first-order valence-corrected chi connectivity index (χ1v) is 7.46. The molecule has 0 unspecified atom stereocenters. The number of carbonyl (C=O) groups excluding carboxylic acids is 1. The molecule has 0 amide bonds. The number of esters is 1. The minimum absolute atomic E-state index is 0.0293. The summed E-state index contributed by atoms with van der Waals surface area (Å²) in [6.45, 7) is 0.296. The van der Waals surface area contributed by atoms with Crippen molar-refractivity contribution in [1.29, 1.82) is 0 Å². The molecule has 0 aliphatic heterocycles. The molecule has 0 spiro atoms. The fraction of sp³-hybridized carbons (Fsp3) is 0.375. The number of hydrogen-bond acceptors (Lipinski definition) is 10. The van der Waals surface area contributed by atoms with Crippen LogP contribution in [0.1, 0.15) is 10.5 Å². The molecule has 2 heterocycles. The highest BCUT2D eigenvalue weighted by atomic mass is 16.5. The van der Waals surface area contributed by atoms with Crippen LogP contribution in [-0.4, -0.2) is 63.1 Å². The molecule has 0 atom stereocenters. The van der Waals surface area contributed by atoms with E-state index in [0.29, 0.717) is 12.5 Å². The van der Waals surface area contributed by atoms with Crippen molar-refractivity contribution in [3.63, 3.8) is 0 Å². The summed E-state index contributed by atoms with van der Waals surface area (Å²) in [6, 6.07) is 4.66. The van der Waals surface area contributed by atoms with E-state index in [0.717, 1.165) is 0 Å². The van der Waals surface area contributed by atoms with Crippen LogP contribution < -0.4 is 19.1 Å². The van der Waals surface area contributed by atoms with Gasteiger partial charge < -0.3 is 28.6 Å². The van der Waals surface area contributed by atoms with E-state index in [1.807, 2.05) is 0 Å². The van der Waals surface area contributed by atoms with Crippen molar-refractivity contribution >= 4 is 11.8 Å². The number of carbonyl (C=O) groups is 1. The Morgan fingerprint density at radius 1 is 1.04 bits per heavy atom. The molecule has 0 aliphatic rings. The molecule has 0 radical (unpaired) electrons. The first-order valence-electron chi connectivity index (χ1n) is 7.46. The van der Waals surface area contributed by atoms with E-state index in [-0.39, 0.29) is 29.2 Å². The number of hydrogen-bond donors (Lipinski definition) is 0. The maximum absolute atomic E-state index is 12.1. The molecule has 0 saturated heterocycles. The number of anilines is 1. The number of methoxy groups -OCH3 is 4. The number of nitrogens with zero attached hydrogens (tertiary/aromatic N) is 4. The molecule has 10 heteroatoms. The molecular formula is C16H20N4O6. The summed E-state index contributed by atoms with van der Waals surface area (Å²) in [5, 5.41) is 0. The zero-order valence-electron chi connectivity index (χ0n) is 15.2. The molecule has 0 aromatic carbocycles. The van der Waals surface area contributed by atoms with E-state index in [9.17, 15) is 4.79 Å². The van der Waals surface area contributed by atoms with Crippen LogP contribution >= 0.6 is 0 Å². The van der Waals surface area contributed by atoms with Crippen molar-refractivity contribution in [2.45, 2.75) is 0 Å². The second-order valence-corrected chi connectivity index (χ2v) is 4.96. The molecule has 0 fully saturated rings. The van der Waals surface area contributed by atoms with E-state index in [2.05, 4.69) is 15.0 Å². The van der Waals surface area contributed by atoms with Crippen molar-refractivity contribution < 1.29 is 28.5 Å². The second kappa shape index (κ2) is 8.81. The van der Waals surface area contributed by atoms with Gasteiger partial charge in [-0.25, -0.2) is 9.78 Å². The number of rotatable bonds is 8. The van der Waals surface area contributed by atoms with Crippen molar-refractivity contribution in [3.05, 3.63) is 23.9 Å². The SMILES string of the molecule is COCN(C)c1ccc(Oc2nc(OC)cc(OC)n2)c(C(=O)OC)n1. The lowest BCUT2D eigenvalue weighted by molar-refractivity contribution is 0.0590. The zero-order valence-corrected chi connectivity index (χ0v) is 15.2. The summed E-state index contributed by atoms with van der Waals surface area (Å²) in [7, 11) is 7.48. The summed E-state index contributed by atoms with van der Waals surface area (Å²) < 4.78 is 25.6. The Hall–Kier alpha value is -3.14. The van der Waals surface area contributed by atoms with Crippen LogP contribution in [0.4, 0.5) is 5.82 Å². The number of ether oxygens (including phenoxy) is 5. The van der Waals surface area contributed by atoms with Gasteiger partial charge in [-0.3, -0.25) is 0 Å². The summed E-state index contributed by atoms with van der Waals surface area (Å²) in [4.78, 5) is 26.2. The van der Waals surface area contributed by atoms with Gasteiger partial charge in [-0.2, -0.15) is 9.97 Å². The number of aromatic nitrogens is 3. The summed E-state index contributed by atoms with van der Waals surface area (Å²) in [5.74, 6) is 0.458. The fourth-order valence-corrected chi connectivity index (χ4v) is 1.97. The summed E-state index contributed by atoms with van der Waals surface area (Å²) >= 11 is 0. The Kier molecular flexibility index (Phi) is 6.50. The van der Waals surface area contributed by atoms with Crippen LogP contribution in [0, 0.1) is 0 Å². The molecule has 2 rings (SSSR count). The Labute approximate surface area is 150 Å². The van der Waals surface area contributed by atoms with Crippen LogP contribution in [0.5, 0.6) is 23.5 Å². The van der Waals surface area contributed by atoms with E-state index >= 15 is 0 Å². The first kappa shape index (κ1) is 19.2. The Balaban J connectivity index is 2.40. The minimum Gasteiger partial charge on any atom is -0.481 e. The molecule has 10 nitrogen and oxygen atoms in total. The quantitative estimate of drug-likeness (QED) is 0.505. The van der Waals surface area contributed by atoms with Crippen molar-refractivity contribution in [1.82, 2.24) is 15.0 Å². The normalized spacial score (nSPS) is 10.2. The lowest BCUT2D eigenvalue weighted by Gasteiger charge is -2.18. The maximum Gasteiger partial charge on any atom is 0.360 e. The van der Waals surface area contributed by atoms with Gasteiger partial charge in [0.25, 0.3) is 0 Å². The molecule has 140 valence electrons. The summed E-state index contributed by atoms with van der Waals surface area (Å²) in [6.07, 6.45) is 0. The van der Waals surface area contributed by atoms with Gasteiger partial charge in [0, 0.05) is 14.2 Å². The van der Waals surface area contributed by atoms with Gasteiger partial charge in [0.1, 0.15) is 12.5 Å². The highest BCUT2D eigenvalue weighted by Crippen LogP contribution is 2.27. The largest absolute Gasteiger partial charge is 0.481 e. The monoisotopic (exact) mass is 364 g/mol. The van der Waals surface area contributed by atoms with Gasteiger partial charge in [0.15, 0.2) is 11.4 Å². The average Bonchev–Trinajstić information content (AvgIpc) is 2.67. The molecule has 2 aromatic heterocycles. The van der Waals surface area contributed by atoms with Gasteiger partial charge >= 0.3 is 12.0 Å². The number of pyridine rings is 1. The predicted octanol–water partition coefficient (Wildman–Crippen LogP) is 1.51. The highest BCUT2D eigenvalue weighted by molar-refractivity contribution is 5.90. The van der Waals surface area contributed by atoms with Crippen LogP contribution in [0.15, 0.2) is 18.2 Å². The van der Waals surface area contributed by atoms with Crippen LogP contribution in [-0.2, 0) is 9.47 Å². The van der Waals surface area contributed by atoms with Crippen LogP contribution in [0.25, 0.3) is 0 Å². The van der Waals surface area contributed by atoms with Gasteiger partial charge in [-0.1, -0.05) is 0 Å². The minimum atomic E-state index is -0.664. The topological polar surface area (TPSA) is 105 Å². The van der Waals surface area contributed by atoms with Crippen LogP contribution in [0.3, 0.4) is 0 Å². The molecule has 26 heavy (non-hydrogen) atoms. The van der Waals surface area contributed by atoms with Gasteiger partial charge in [0.2, 0.25) is 11.8 Å². The van der Waals surface area contributed by atoms with E-state index in [1.165, 1.54) is 27.4 Å². The van der Waals surface area contributed by atoms with Crippen LogP contribution in [0.2, 0.25) is 0 Å². The predicted molar refractivity (Wildman–Crippen MR) is 91.1 cm³/mol. The second-order valence-electron chi connectivity index (χ2n) is 4.96. The van der Waals surface area contributed by atoms with Crippen molar-refractivity contribution in [3.8, 4) is 23.5 Å². The van der Waals surface area contributed by atoms with Gasteiger partial charge in [0.05, 0.1) is 27.4 Å².